The van der Waals surface area contributed by atoms with Crippen LogP contribution in [0, 0.1) is 11.3 Å². The Labute approximate surface area is 121 Å². The molecule has 20 heavy (non-hydrogen) atoms. The Morgan fingerprint density at radius 1 is 1.25 bits per heavy atom. The SMILES string of the molecule is CCOC(=O)C(C(=O)N1CC(C)OC(C)C1)C(C)(C)C. The van der Waals surface area contributed by atoms with Crippen molar-refractivity contribution in [2.75, 3.05) is 19.7 Å². The number of morpholine rings is 1. The topological polar surface area (TPSA) is 55.8 Å². The van der Waals surface area contributed by atoms with Crippen molar-refractivity contribution >= 4 is 11.9 Å². The molecule has 0 aromatic carbocycles. The molecule has 1 aliphatic rings. The van der Waals surface area contributed by atoms with Crippen molar-refractivity contribution in [3.05, 3.63) is 0 Å². The first-order chi connectivity index (χ1) is 9.16. The van der Waals surface area contributed by atoms with Crippen LogP contribution in [0.5, 0.6) is 0 Å². The van der Waals surface area contributed by atoms with E-state index in [1.807, 2.05) is 34.6 Å². The number of amides is 1. The van der Waals surface area contributed by atoms with Gasteiger partial charge in [-0.15, -0.1) is 0 Å². The summed E-state index contributed by atoms with van der Waals surface area (Å²) < 4.78 is 10.7. The fourth-order valence-corrected chi connectivity index (χ4v) is 2.59. The molecule has 1 rings (SSSR count). The third-order valence-electron chi connectivity index (χ3n) is 3.37. The molecule has 0 N–H and O–H groups in total. The normalized spacial score (nSPS) is 25.2. The number of hydrogen-bond donors (Lipinski definition) is 0. The number of carbonyl (C=O) groups is 2. The van der Waals surface area contributed by atoms with E-state index >= 15 is 0 Å². The predicted octanol–water partition coefficient (Wildman–Crippen LogP) is 1.85. The van der Waals surface area contributed by atoms with Gasteiger partial charge in [0.25, 0.3) is 0 Å². The van der Waals surface area contributed by atoms with Gasteiger partial charge in [-0.3, -0.25) is 9.59 Å². The van der Waals surface area contributed by atoms with Gasteiger partial charge in [0.15, 0.2) is 0 Å². The molecule has 0 aromatic rings. The number of hydrogen-bond acceptors (Lipinski definition) is 4. The first-order valence-corrected chi connectivity index (χ1v) is 7.27. The van der Waals surface area contributed by atoms with E-state index in [9.17, 15) is 9.59 Å². The Bertz CT molecular complexity index is 351. The molecule has 0 saturated carbocycles. The Kier molecular flexibility index (Phi) is 5.57. The number of carbonyl (C=O) groups excluding carboxylic acids is 2. The molecule has 3 unspecified atom stereocenters. The molecule has 5 heteroatoms. The van der Waals surface area contributed by atoms with Crippen LogP contribution in [-0.2, 0) is 19.1 Å². The van der Waals surface area contributed by atoms with Crippen LogP contribution in [0.1, 0.15) is 41.5 Å². The monoisotopic (exact) mass is 285 g/mol. The highest BCUT2D eigenvalue weighted by atomic mass is 16.5. The minimum absolute atomic E-state index is 0.00878. The Hall–Kier alpha value is -1.10. The van der Waals surface area contributed by atoms with Crippen LogP contribution in [0.15, 0.2) is 0 Å². The van der Waals surface area contributed by atoms with Crippen LogP contribution < -0.4 is 0 Å². The lowest BCUT2D eigenvalue weighted by Gasteiger charge is -2.39. The van der Waals surface area contributed by atoms with Gasteiger partial charge in [0.05, 0.1) is 18.8 Å². The predicted molar refractivity (Wildman–Crippen MR) is 76.2 cm³/mol. The zero-order chi connectivity index (χ0) is 15.5. The molecule has 1 saturated heterocycles. The summed E-state index contributed by atoms with van der Waals surface area (Å²) in [5.41, 5.74) is -0.464. The van der Waals surface area contributed by atoms with Gasteiger partial charge in [0.1, 0.15) is 5.92 Å². The van der Waals surface area contributed by atoms with E-state index in [4.69, 9.17) is 9.47 Å². The Morgan fingerprint density at radius 3 is 2.15 bits per heavy atom. The fourth-order valence-electron chi connectivity index (χ4n) is 2.59. The van der Waals surface area contributed by atoms with Crippen LogP contribution in [0.4, 0.5) is 0 Å². The van der Waals surface area contributed by atoms with E-state index in [2.05, 4.69) is 0 Å². The van der Waals surface area contributed by atoms with Crippen LogP contribution in [0.25, 0.3) is 0 Å². The minimum atomic E-state index is -0.764. The van der Waals surface area contributed by atoms with Crippen molar-refractivity contribution in [3.8, 4) is 0 Å². The van der Waals surface area contributed by atoms with Crippen molar-refractivity contribution in [3.63, 3.8) is 0 Å². The molecule has 1 heterocycles. The summed E-state index contributed by atoms with van der Waals surface area (Å²) in [5, 5.41) is 0. The fraction of sp³-hybridized carbons (Fsp3) is 0.867. The second kappa shape index (κ2) is 6.57. The Balaban J connectivity index is 2.90. The number of ether oxygens (including phenoxy) is 2. The van der Waals surface area contributed by atoms with Crippen LogP contribution in [-0.4, -0.2) is 48.7 Å². The molecular weight excluding hydrogens is 258 g/mol. The van der Waals surface area contributed by atoms with Crippen LogP contribution in [0.3, 0.4) is 0 Å². The third-order valence-corrected chi connectivity index (χ3v) is 3.37. The van der Waals surface area contributed by atoms with Crippen molar-refractivity contribution < 1.29 is 19.1 Å². The van der Waals surface area contributed by atoms with Gasteiger partial charge in [-0.1, -0.05) is 20.8 Å². The van der Waals surface area contributed by atoms with E-state index in [-0.39, 0.29) is 24.7 Å². The van der Waals surface area contributed by atoms with Crippen molar-refractivity contribution in [1.29, 1.82) is 0 Å². The molecule has 0 aromatic heterocycles. The van der Waals surface area contributed by atoms with Crippen LogP contribution >= 0.6 is 0 Å². The molecule has 1 aliphatic heterocycles. The summed E-state index contributed by atoms with van der Waals surface area (Å²) in [6.45, 7) is 12.6. The highest BCUT2D eigenvalue weighted by Gasteiger charge is 2.42. The number of esters is 1. The number of nitrogens with zero attached hydrogens (tertiary/aromatic N) is 1. The molecule has 3 atom stereocenters. The standard InChI is InChI=1S/C15H27NO4/c1-7-19-14(18)12(15(4,5)6)13(17)16-8-10(2)20-11(3)9-16/h10-12H,7-9H2,1-6H3. The summed E-state index contributed by atoms with van der Waals surface area (Å²) in [6.07, 6.45) is -0.0176. The zero-order valence-corrected chi connectivity index (χ0v) is 13.4. The molecule has 116 valence electrons. The molecule has 0 spiro atoms. The summed E-state index contributed by atoms with van der Waals surface area (Å²) >= 11 is 0. The maximum absolute atomic E-state index is 12.7. The highest BCUT2D eigenvalue weighted by molar-refractivity contribution is 5.98. The van der Waals surface area contributed by atoms with Gasteiger partial charge in [0, 0.05) is 13.1 Å². The van der Waals surface area contributed by atoms with E-state index in [1.54, 1.807) is 11.8 Å². The maximum Gasteiger partial charge on any atom is 0.319 e. The lowest BCUT2D eigenvalue weighted by atomic mass is 9.79. The second-order valence-electron chi connectivity index (χ2n) is 6.55. The first kappa shape index (κ1) is 17.0. The molecule has 0 bridgehead atoms. The van der Waals surface area contributed by atoms with E-state index in [1.165, 1.54) is 0 Å². The van der Waals surface area contributed by atoms with Crippen molar-refractivity contribution in [2.45, 2.75) is 53.8 Å². The third kappa shape index (κ3) is 4.20. The number of rotatable bonds is 3. The van der Waals surface area contributed by atoms with E-state index in [0.717, 1.165) is 0 Å². The lowest BCUT2D eigenvalue weighted by molar-refractivity contribution is -0.165. The quantitative estimate of drug-likeness (QED) is 0.586. The molecule has 0 radical (unpaired) electrons. The van der Waals surface area contributed by atoms with E-state index in [0.29, 0.717) is 13.1 Å². The van der Waals surface area contributed by atoms with Crippen LogP contribution in [0.2, 0.25) is 0 Å². The van der Waals surface area contributed by atoms with E-state index < -0.39 is 17.3 Å². The van der Waals surface area contributed by atoms with Gasteiger partial charge < -0.3 is 14.4 Å². The smallest absolute Gasteiger partial charge is 0.319 e. The molecule has 5 nitrogen and oxygen atoms in total. The van der Waals surface area contributed by atoms with Gasteiger partial charge in [-0.2, -0.15) is 0 Å². The first-order valence-electron chi connectivity index (χ1n) is 7.27. The molecular formula is C15H27NO4. The summed E-state index contributed by atoms with van der Waals surface area (Å²) in [6, 6.07) is 0. The highest BCUT2D eigenvalue weighted by Crippen LogP contribution is 2.30. The second-order valence-corrected chi connectivity index (χ2v) is 6.55. The van der Waals surface area contributed by atoms with Crippen molar-refractivity contribution in [1.82, 2.24) is 4.90 Å². The minimum Gasteiger partial charge on any atom is -0.465 e. The molecule has 1 fully saturated rings. The van der Waals surface area contributed by atoms with Gasteiger partial charge in [-0.25, -0.2) is 0 Å². The zero-order valence-electron chi connectivity index (χ0n) is 13.4. The van der Waals surface area contributed by atoms with Gasteiger partial charge >= 0.3 is 5.97 Å². The Morgan fingerprint density at radius 2 is 1.75 bits per heavy atom. The van der Waals surface area contributed by atoms with Crippen molar-refractivity contribution in [2.24, 2.45) is 11.3 Å². The van der Waals surface area contributed by atoms with Gasteiger partial charge in [-0.05, 0) is 26.2 Å². The lowest BCUT2D eigenvalue weighted by Crippen LogP contribution is -2.53. The molecule has 0 aliphatic carbocycles. The maximum atomic E-state index is 12.7. The summed E-state index contributed by atoms with van der Waals surface area (Å²) in [7, 11) is 0. The average molecular weight is 285 g/mol. The summed E-state index contributed by atoms with van der Waals surface area (Å²) in [4.78, 5) is 26.6. The van der Waals surface area contributed by atoms with Gasteiger partial charge in [0.2, 0.25) is 5.91 Å². The largest absolute Gasteiger partial charge is 0.465 e. The summed E-state index contributed by atoms with van der Waals surface area (Å²) in [5.74, 6) is -1.35. The molecule has 1 amide bonds. The average Bonchev–Trinajstić information content (AvgIpc) is 2.25.